The molecule has 0 spiro atoms. The molecule has 47 heavy (non-hydrogen) atoms. The molecule has 222 valence electrons. The summed E-state index contributed by atoms with van der Waals surface area (Å²) in [5, 5.41) is 5.86. The van der Waals surface area contributed by atoms with Crippen molar-refractivity contribution in [1.82, 2.24) is 19.1 Å². The van der Waals surface area contributed by atoms with Gasteiger partial charge < -0.3 is 9.30 Å². The Labute approximate surface area is 273 Å². The van der Waals surface area contributed by atoms with E-state index in [4.69, 9.17) is 14.7 Å². The predicted octanol–water partition coefficient (Wildman–Crippen LogP) is 10.7. The lowest BCUT2D eigenvalue weighted by molar-refractivity contribution is 0.415. The monoisotopic (exact) mass is 622 g/mol. The second-order valence-corrected chi connectivity index (χ2v) is 12.8. The smallest absolute Gasteiger partial charge is 0.235 e. The van der Waals surface area contributed by atoms with Crippen molar-refractivity contribution in [2.75, 3.05) is 7.11 Å². The summed E-state index contributed by atoms with van der Waals surface area (Å²) in [4.78, 5) is 10.6. The number of nitrogens with zero attached hydrogens (tertiary/aromatic N) is 4. The third-order valence-electron chi connectivity index (χ3n) is 9.25. The predicted molar refractivity (Wildman–Crippen MR) is 196 cm³/mol. The Balaban J connectivity index is 1.35. The average molecular weight is 623 g/mol. The van der Waals surface area contributed by atoms with Gasteiger partial charge in [0.15, 0.2) is 0 Å². The maximum Gasteiger partial charge on any atom is 0.235 e. The van der Waals surface area contributed by atoms with Crippen molar-refractivity contribution < 1.29 is 4.74 Å². The number of methoxy groups -OCH3 is 1. The first kappa shape index (κ1) is 26.3. The fraction of sp³-hybridized carbons (Fsp3) is 0.0244. The highest BCUT2D eigenvalue weighted by Gasteiger charge is 2.23. The Morgan fingerprint density at radius 2 is 1.13 bits per heavy atom. The van der Waals surface area contributed by atoms with Crippen LogP contribution in [-0.4, -0.2) is 26.2 Å². The Hall–Kier alpha value is -5.98. The third kappa shape index (κ3) is 3.76. The van der Waals surface area contributed by atoms with Gasteiger partial charge in [-0.15, -0.1) is 11.3 Å². The minimum Gasteiger partial charge on any atom is -0.497 e. The first-order valence-electron chi connectivity index (χ1n) is 15.6. The van der Waals surface area contributed by atoms with E-state index in [-0.39, 0.29) is 0 Å². The van der Waals surface area contributed by atoms with Gasteiger partial charge in [0.25, 0.3) is 0 Å². The summed E-state index contributed by atoms with van der Waals surface area (Å²) >= 11 is 1.86. The molecule has 0 unspecified atom stereocenters. The van der Waals surface area contributed by atoms with E-state index in [0.29, 0.717) is 5.95 Å². The highest BCUT2D eigenvalue weighted by atomic mass is 32.1. The highest BCUT2D eigenvalue weighted by Crippen LogP contribution is 2.47. The van der Waals surface area contributed by atoms with Crippen LogP contribution in [0.3, 0.4) is 0 Å². The van der Waals surface area contributed by atoms with Gasteiger partial charge in [0.1, 0.15) is 5.75 Å². The standard InChI is InChI=1S/C41H26N4OS/c1-46-27-21-19-25(20-22-27)36-30-14-5-8-16-33(30)42-41(43-36)45-34-17-9-6-13-28(34)29-23-24-32-38-39(47-40(32)37(29)45)31-15-7-10-18-35(31)44(38)26-11-3-2-4-12-26/h2-24H,1H3. The van der Waals surface area contributed by atoms with E-state index in [9.17, 15) is 0 Å². The quantitative estimate of drug-likeness (QED) is 0.196. The summed E-state index contributed by atoms with van der Waals surface area (Å²) in [6.45, 7) is 0. The Kier molecular flexibility index (Phi) is 5.59. The molecule has 6 aromatic carbocycles. The lowest BCUT2D eigenvalue weighted by Gasteiger charge is -2.12. The molecule has 4 aromatic heterocycles. The zero-order valence-electron chi connectivity index (χ0n) is 25.4. The Bertz CT molecular complexity index is 2830. The third-order valence-corrected chi connectivity index (χ3v) is 10.5. The zero-order chi connectivity index (χ0) is 31.1. The maximum absolute atomic E-state index is 5.46. The Morgan fingerprint density at radius 1 is 0.511 bits per heavy atom. The molecule has 5 nitrogen and oxygen atoms in total. The van der Waals surface area contributed by atoms with E-state index in [1.807, 2.05) is 35.6 Å². The lowest BCUT2D eigenvalue weighted by Crippen LogP contribution is -2.03. The van der Waals surface area contributed by atoms with Crippen LogP contribution in [0.4, 0.5) is 0 Å². The van der Waals surface area contributed by atoms with Crippen LogP contribution in [0, 0.1) is 0 Å². The molecule has 0 aliphatic carbocycles. The van der Waals surface area contributed by atoms with Gasteiger partial charge in [0.2, 0.25) is 5.95 Å². The van der Waals surface area contributed by atoms with Crippen molar-refractivity contribution in [2.24, 2.45) is 0 Å². The number of para-hydroxylation sites is 4. The molecule has 0 saturated heterocycles. The second-order valence-electron chi connectivity index (χ2n) is 11.8. The van der Waals surface area contributed by atoms with Crippen LogP contribution in [0.5, 0.6) is 5.75 Å². The molecule has 0 atom stereocenters. The van der Waals surface area contributed by atoms with Gasteiger partial charge in [-0.2, -0.15) is 0 Å². The summed E-state index contributed by atoms with van der Waals surface area (Å²) < 4.78 is 12.6. The van der Waals surface area contributed by atoms with E-state index < -0.39 is 0 Å². The van der Waals surface area contributed by atoms with Crippen LogP contribution in [-0.2, 0) is 0 Å². The van der Waals surface area contributed by atoms with Crippen LogP contribution in [0.1, 0.15) is 0 Å². The molecule has 0 N–H and O–H groups in total. The molecule has 0 saturated carbocycles. The number of fused-ring (bicyclic) bond motifs is 10. The zero-order valence-corrected chi connectivity index (χ0v) is 26.2. The highest BCUT2D eigenvalue weighted by molar-refractivity contribution is 7.27. The van der Waals surface area contributed by atoms with Crippen molar-refractivity contribution in [3.63, 3.8) is 0 Å². The van der Waals surface area contributed by atoms with Crippen LogP contribution in [0.25, 0.3) is 86.8 Å². The molecule has 0 aliphatic heterocycles. The number of thiophene rings is 1. The van der Waals surface area contributed by atoms with Crippen molar-refractivity contribution in [1.29, 1.82) is 0 Å². The lowest BCUT2D eigenvalue weighted by atomic mass is 10.1. The molecule has 0 aliphatic rings. The molecule has 0 fully saturated rings. The first-order valence-corrected chi connectivity index (χ1v) is 16.4. The van der Waals surface area contributed by atoms with E-state index in [2.05, 4.69) is 124 Å². The van der Waals surface area contributed by atoms with Crippen molar-refractivity contribution in [2.45, 2.75) is 0 Å². The molecule has 4 heterocycles. The Morgan fingerprint density at radius 3 is 1.91 bits per heavy atom. The molecule has 10 aromatic rings. The maximum atomic E-state index is 5.46. The van der Waals surface area contributed by atoms with E-state index in [1.165, 1.54) is 42.0 Å². The molecular weight excluding hydrogens is 597 g/mol. The van der Waals surface area contributed by atoms with Crippen LogP contribution in [0.2, 0.25) is 0 Å². The minimum atomic E-state index is 0.655. The van der Waals surface area contributed by atoms with E-state index in [1.54, 1.807) is 7.11 Å². The molecular formula is C41H26N4OS. The van der Waals surface area contributed by atoms with Crippen molar-refractivity contribution in [3.05, 3.63) is 140 Å². The van der Waals surface area contributed by atoms with Crippen LogP contribution >= 0.6 is 11.3 Å². The summed E-state index contributed by atoms with van der Waals surface area (Å²) in [5.41, 5.74) is 8.62. The molecule has 0 amide bonds. The van der Waals surface area contributed by atoms with Gasteiger partial charge in [0, 0.05) is 38.2 Å². The van der Waals surface area contributed by atoms with Crippen molar-refractivity contribution >= 4 is 75.3 Å². The topological polar surface area (TPSA) is 44.9 Å². The SMILES string of the molecule is COc1ccc(-c2nc(-n3c4ccccc4c4ccc5c(sc6c7ccccc7n(-c7ccccc7)c56)c43)nc3ccccc23)cc1. The number of hydrogen-bond donors (Lipinski definition) is 0. The van der Waals surface area contributed by atoms with E-state index in [0.717, 1.165) is 44.6 Å². The molecule has 0 bridgehead atoms. The van der Waals surface area contributed by atoms with Gasteiger partial charge in [-0.1, -0.05) is 84.9 Å². The molecule has 10 rings (SSSR count). The van der Waals surface area contributed by atoms with Crippen molar-refractivity contribution in [3.8, 4) is 28.6 Å². The normalized spacial score (nSPS) is 11.9. The fourth-order valence-electron chi connectivity index (χ4n) is 7.16. The average Bonchev–Trinajstić information content (AvgIpc) is 3.79. The minimum absolute atomic E-state index is 0.655. The van der Waals surface area contributed by atoms with E-state index >= 15 is 0 Å². The fourth-order valence-corrected chi connectivity index (χ4v) is 8.52. The number of rotatable bonds is 4. The van der Waals surface area contributed by atoms with Gasteiger partial charge in [-0.3, -0.25) is 4.57 Å². The number of aromatic nitrogens is 4. The summed E-state index contributed by atoms with van der Waals surface area (Å²) in [5.74, 6) is 1.47. The van der Waals surface area contributed by atoms with Crippen LogP contribution in [0.15, 0.2) is 140 Å². The number of hydrogen-bond acceptors (Lipinski definition) is 4. The number of ether oxygens (including phenoxy) is 1. The van der Waals surface area contributed by atoms with Gasteiger partial charge >= 0.3 is 0 Å². The summed E-state index contributed by atoms with van der Waals surface area (Å²) in [6.07, 6.45) is 0. The van der Waals surface area contributed by atoms with Gasteiger partial charge in [0.05, 0.1) is 49.8 Å². The molecule has 6 heteroatoms. The first-order chi connectivity index (χ1) is 23.3. The molecule has 0 radical (unpaired) electrons. The number of benzene rings is 6. The summed E-state index contributed by atoms with van der Waals surface area (Å²) in [6, 6.07) is 49.0. The second kappa shape index (κ2) is 10.0. The largest absolute Gasteiger partial charge is 0.497 e. The van der Waals surface area contributed by atoms with Gasteiger partial charge in [-0.25, -0.2) is 9.97 Å². The summed E-state index contributed by atoms with van der Waals surface area (Å²) in [7, 11) is 1.69. The van der Waals surface area contributed by atoms with Crippen LogP contribution < -0.4 is 4.74 Å². The van der Waals surface area contributed by atoms with Gasteiger partial charge in [-0.05, 0) is 54.6 Å².